The fraction of sp³-hybridized carbons (Fsp3) is 0.467. The Hall–Kier alpha value is -1.88. The first-order chi connectivity index (χ1) is 9.63. The molecule has 0 aliphatic carbocycles. The number of hydrogen-bond acceptors (Lipinski definition) is 4. The molecule has 1 aromatic carbocycles. The quantitative estimate of drug-likeness (QED) is 0.839. The largest absolute Gasteiger partial charge is 0.466 e. The van der Waals surface area contributed by atoms with E-state index in [1.54, 1.807) is 36.1 Å². The van der Waals surface area contributed by atoms with Gasteiger partial charge < -0.3 is 14.7 Å². The lowest BCUT2D eigenvalue weighted by Gasteiger charge is -2.34. The second-order valence-electron chi connectivity index (χ2n) is 4.83. The number of nitrogens with zero attached hydrogens (tertiary/aromatic N) is 1. The minimum Gasteiger partial charge on any atom is -0.466 e. The van der Waals surface area contributed by atoms with Gasteiger partial charge in [0.2, 0.25) is 0 Å². The van der Waals surface area contributed by atoms with Gasteiger partial charge in [-0.3, -0.25) is 9.59 Å². The van der Waals surface area contributed by atoms with Crippen LogP contribution in [0.15, 0.2) is 30.3 Å². The number of hydrogen-bond donors (Lipinski definition) is 1. The molecular weight excluding hydrogens is 258 g/mol. The minimum absolute atomic E-state index is 0.119. The third kappa shape index (κ3) is 3.17. The van der Waals surface area contributed by atoms with E-state index < -0.39 is 18.0 Å². The fourth-order valence-electron chi connectivity index (χ4n) is 2.37. The molecule has 0 spiro atoms. The monoisotopic (exact) mass is 277 g/mol. The van der Waals surface area contributed by atoms with Gasteiger partial charge in [-0.2, -0.15) is 0 Å². The third-order valence-corrected chi connectivity index (χ3v) is 3.47. The summed E-state index contributed by atoms with van der Waals surface area (Å²) in [4.78, 5) is 25.7. The molecule has 2 rings (SSSR count). The van der Waals surface area contributed by atoms with Crippen LogP contribution in [0.25, 0.3) is 0 Å². The second kappa shape index (κ2) is 6.52. The second-order valence-corrected chi connectivity index (χ2v) is 4.83. The van der Waals surface area contributed by atoms with E-state index >= 15 is 0 Å². The zero-order valence-corrected chi connectivity index (χ0v) is 11.5. The Morgan fingerprint density at radius 2 is 2.05 bits per heavy atom. The van der Waals surface area contributed by atoms with Crippen molar-refractivity contribution in [1.82, 2.24) is 4.90 Å². The van der Waals surface area contributed by atoms with Gasteiger partial charge in [-0.05, 0) is 25.5 Å². The number of ether oxygens (including phenoxy) is 1. The molecule has 1 N–H and O–H groups in total. The molecule has 0 aromatic heterocycles. The lowest BCUT2D eigenvalue weighted by atomic mass is 9.94. The Balaban J connectivity index is 2.07. The van der Waals surface area contributed by atoms with Crippen LogP contribution >= 0.6 is 0 Å². The van der Waals surface area contributed by atoms with Gasteiger partial charge in [0.05, 0.1) is 12.7 Å². The number of benzene rings is 1. The third-order valence-electron chi connectivity index (χ3n) is 3.47. The molecular formula is C15H19NO4. The standard InChI is InChI=1S/C15H19NO4/c1-2-20-15(19)12-10-16(9-8-13(12)17)14(18)11-6-4-3-5-7-11/h3-7,12-13,17H,2,8-10H2,1H3/t12-,13+/m0/s1. The maximum atomic E-state index is 12.3. The number of carbonyl (C=O) groups excluding carboxylic acids is 2. The van der Waals surface area contributed by atoms with Crippen molar-refractivity contribution in [2.75, 3.05) is 19.7 Å². The summed E-state index contributed by atoms with van der Waals surface area (Å²) in [7, 11) is 0. The highest BCUT2D eigenvalue weighted by Gasteiger charge is 2.36. The highest BCUT2D eigenvalue weighted by atomic mass is 16.5. The average molecular weight is 277 g/mol. The van der Waals surface area contributed by atoms with Crippen LogP contribution in [-0.2, 0) is 9.53 Å². The van der Waals surface area contributed by atoms with E-state index in [4.69, 9.17) is 4.74 Å². The molecule has 5 heteroatoms. The summed E-state index contributed by atoms with van der Waals surface area (Å²) < 4.78 is 4.95. The van der Waals surface area contributed by atoms with Gasteiger partial charge in [-0.25, -0.2) is 0 Å². The molecule has 1 aromatic rings. The number of rotatable bonds is 3. The van der Waals surface area contributed by atoms with Crippen LogP contribution in [0.5, 0.6) is 0 Å². The molecule has 1 fully saturated rings. The van der Waals surface area contributed by atoms with Gasteiger partial charge in [0.1, 0.15) is 5.92 Å². The van der Waals surface area contributed by atoms with Crippen molar-refractivity contribution >= 4 is 11.9 Å². The number of carbonyl (C=O) groups is 2. The van der Waals surface area contributed by atoms with Crippen LogP contribution in [0.1, 0.15) is 23.7 Å². The van der Waals surface area contributed by atoms with Gasteiger partial charge in [-0.1, -0.05) is 18.2 Å². The van der Waals surface area contributed by atoms with Crippen LogP contribution < -0.4 is 0 Å². The Bertz CT molecular complexity index is 474. The van der Waals surface area contributed by atoms with Gasteiger partial charge in [0.15, 0.2) is 0 Å². The molecule has 108 valence electrons. The zero-order chi connectivity index (χ0) is 14.5. The van der Waals surface area contributed by atoms with E-state index in [1.165, 1.54) is 0 Å². The molecule has 0 saturated carbocycles. The van der Waals surface area contributed by atoms with E-state index in [9.17, 15) is 14.7 Å². The van der Waals surface area contributed by atoms with Crippen molar-refractivity contribution < 1.29 is 19.4 Å². The van der Waals surface area contributed by atoms with Crippen LogP contribution in [0, 0.1) is 5.92 Å². The summed E-state index contributed by atoms with van der Waals surface area (Å²) in [5, 5.41) is 9.90. The van der Waals surface area contributed by atoms with E-state index in [1.807, 2.05) is 6.07 Å². The summed E-state index contributed by atoms with van der Waals surface area (Å²) in [5.41, 5.74) is 0.589. The van der Waals surface area contributed by atoms with E-state index in [0.29, 0.717) is 18.5 Å². The number of aliphatic hydroxyl groups is 1. The maximum absolute atomic E-state index is 12.3. The molecule has 5 nitrogen and oxygen atoms in total. The number of likely N-dealkylation sites (tertiary alicyclic amines) is 1. The molecule has 1 aliphatic heterocycles. The Morgan fingerprint density at radius 3 is 2.70 bits per heavy atom. The fourth-order valence-corrected chi connectivity index (χ4v) is 2.37. The molecule has 1 aliphatic rings. The summed E-state index contributed by atoms with van der Waals surface area (Å²) in [6.45, 7) is 2.65. The van der Waals surface area contributed by atoms with Gasteiger partial charge in [-0.15, -0.1) is 0 Å². The molecule has 1 heterocycles. The van der Waals surface area contributed by atoms with E-state index in [-0.39, 0.29) is 19.1 Å². The van der Waals surface area contributed by atoms with Crippen LogP contribution in [0.4, 0.5) is 0 Å². The van der Waals surface area contributed by atoms with Gasteiger partial charge in [0, 0.05) is 18.7 Å². The molecule has 0 bridgehead atoms. The average Bonchev–Trinajstić information content (AvgIpc) is 2.48. The Morgan fingerprint density at radius 1 is 1.35 bits per heavy atom. The Labute approximate surface area is 118 Å². The van der Waals surface area contributed by atoms with Crippen molar-refractivity contribution in [3.05, 3.63) is 35.9 Å². The number of aliphatic hydroxyl groups excluding tert-OH is 1. The smallest absolute Gasteiger partial charge is 0.313 e. The van der Waals surface area contributed by atoms with Crippen LogP contribution in [0.3, 0.4) is 0 Å². The highest BCUT2D eigenvalue weighted by molar-refractivity contribution is 5.94. The summed E-state index contributed by atoms with van der Waals surface area (Å²) >= 11 is 0. The summed E-state index contributed by atoms with van der Waals surface area (Å²) in [6.07, 6.45) is -0.351. The van der Waals surface area contributed by atoms with Crippen LogP contribution in [0.2, 0.25) is 0 Å². The van der Waals surface area contributed by atoms with Crippen molar-refractivity contribution in [2.45, 2.75) is 19.4 Å². The molecule has 20 heavy (non-hydrogen) atoms. The highest BCUT2D eigenvalue weighted by Crippen LogP contribution is 2.20. The molecule has 0 radical (unpaired) electrons. The lowest BCUT2D eigenvalue weighted by Crippen LogP contribution is -2.49. The minimum atomic E-state index is -0.742. The normalized spacial score (nSPS) is 22.4. The Kier molecular flexibility index (Phi) is 4.74. The first-order valence-electron chi connectivity index (χ1n) is 6.82. The SMILES string of the molecule is CCOC(=O)[C@H]1CN(C(=O)c2ccccc2)CC[C@H]1O. The summed E-state index contributed by atoms with van der Waals surface area (Å²) in [5.74, 6) is -1.21. The zero-order valence-electron chi connectivity index (χ0n) is 11.5. The predicted molar refractivity (Wildman–Crippen MR) is 73.1 cm³/mol. The van der Waals surface area contributed by atoms with E-state index in [2.05, 4.69) is 0 Å². The van der Waals surface area contributed by atoms with Crippen LogP contribution in [-0.4, -0.2) is 47.7 Å². The molecule has 2 atom stereocenters. The molecule has 1 saturated heterocycles. The van der Waals surface area contributed by atoms with Crippen molar-refractivity contribution in [3.8, 4) is 0 Å². The van der Waals surface area contributed by atoms with Crippen molar-refractivity contribution in [3.63, 3.8) is 0 Å². The van der Waals surface area contributed by atoms with Crippen molar-refractivity contribution in [1.29, 1.82) is 0 Å². The van der Waals surface area contributed by atoms with Crippen molar-refractivity contribution in [2.24, 2.45) is 5.92 Å². The molecule has 0 unspecified atom stereocenters. The number of piperidine rings is 1. The molecule has 1 amide bonds. The number of amides is 1. The van der Waals surface area contributed by atoms with Gasteiger partial charge in [0.25, 0.3) is 5.91 Å². The first-order valence-corrected chi connectivity index (χ1v) is 6.82. The topological polar surface area (TPSA) is 66.8 Å². The van der Waals surface area contributed by atoms with E-state index in [0.717, 1.165) is 0 Å². The first kappa shape index (κ1) is 14.5. The summed E-state index contributed by atoms with van der Waals surface area (Å²) in [6, 6.07) is 8.93. The maximum Gasteiger partial charge on any atom is 0.313 e. The number of esters is 1. The van der Waals surface area contributed by atoms with Gasteiger partial charge >= 0.3 is 5.97 Å². The predicted octanol–water partition coefficient (Wildman–Crippen LogP) is 1.07. The lowest BCUT2D eigenvalue weighted by molar-refractivity contribution is -0.154.